The second-order valence-electron chi connectivity index (χ2n) is 4.95. The molecule has 1 unspecified atom stereocenters. The average Bonchev–Trinajstić information content (AvgIpc) is 2.92. The molecule has 0 saturated heterocycles. The van der Waals surface area contributed by atoms with Crippen LogP contribution in [-0.2, 0) is 16.6 Å². The first-order valence-corrected chi connectivity index (χ1v) is 7.89. The number of aromatic nitrogens is 3. The number of rotatable bonds is 3. The molecule has 3 rings (SSSR count). The molecule has 1 atom stereocenters. The Morgan fingerprint density at radius 3 is 2.57 bits per heavy atom. The number of imidazole rings is 1. The Balaban J connectivity index is 0.00000132. The van der Waals surface area contributed by atoms with E-state index in [0.717, 1.165) is 11.0 Å². The van der Waals surface area contributed by atoms with Crippen LogP contribution < -0.4 is 5.43 Å². The van der Waals surface area contributed by atoms with Crippen LogP contribution in [0.15, 0.2) is 40.4 Å². The van der Waals surface area contributed by atoms with Gasteiger partial charge in [-0.25, -0.2) is 4.98 Å². The second-order valence-corrected chi connectivity index (χ2v) is 6.32. The van der Waals surface area contributed by atoms with Gasteiger partial charge in [0.2, 0.25) is 0 Å². The number of benzene rings is 1. The molecule has 0 fully saturated rings. The zero-order valence-corrected chi connectivity index (χ0v) is 18.6. The quantitative estimate of drug-likeness (QED) is 0.703. The summed E-state index contributed by atoms with van der Waals surface area (Å²) in [7, 11) is -1.33. The van der Waals surface area contributed by atoms with Crippen molar-refractivity contribution in [2.45, 2.75) is 24.8 Å². The van der Waals surface area contributed by atoms with E-state index in [-0.39, 0.29) is 70.3 Å². The fourth-order valence-electron chi connectivity index (χ4n) is 2.19. The van der Waals surface area contributed by atoms with Gasteiger partial charge in [-0.15, -0.1) is 0 Å². The van der Waals surface area contributed by atoms with Crippen LogP contribution in [0.1, 0.15) is 16.8 Å². The third kappa shape index (κ3) is 4.45. The van der Waals surface area contributed by atoms with E-state index in [4.69, 9.17) is 0 Å². The number of H-pyrrole nitrogens is 2. The molecular weight excluding hydrogens is 332 g/mol. The molecule has 0 aliphatic rings. The Morgan fingerprint density at radius 1 is 1.17 bits per heavy atom. The van der Waals surface area contributed by atoms with Crippen LogP contribution in [0, 0.1) is 13.8 Å². The monoisotopic (exact) mass is 347 g/mol. The van der Waals surface area contributed by atoms with E-state index < -0.39 is 10.8 Å². The number of aryl methyl sites for hydroxylation is 1. The molecule has 2 N–H and O–H groups in total. The van der Waals surface area contributed by atoms with E-state index in [0.29, 0.717) is 22.0 Å². The summed E-state index contributed by atoms with van der Waals surface area (Å²) >= 11 is 0. The first-order valence-electron chi connectivity index (χ1n) is 6.57. The zero-order chi connectivity index (χ0) is 15.0. The van der Waals surface area contributed by atoms with Gasteiger partial charge in [-0.05, 0) is 26.0 Å². The van der Waals surface area contributed by atoms with E-state index in [1.54, 1.807) is 20.0 Å². The van der Waals surface area contributed by atoms with Gasteiger partial charge in [0.25, 0.3) is 0 Å². The van der Waals surface area contributed by atoms with E-state index in [9.17, 15) is 9.00 Å². The molecule has 0 aliphatic carbocycles. The van der Waals surface area contributed by atoms with Crippen molar-refractivity contribution in [2.75, 3.05) is 0 Å². The van der Waals surface area contributed by atoms with Crippen molar-refractivity contribution in [2.24, 2.45) is 0 Å². The zero-order valence-electron chi connectivity index (χ0n) is 13.8. The fourth-order valence-corrected chi connectivity index (χ4v) is 3.31. The van der Waals surface area contributed by atoms with Crippen LogP contribution in [0.25, 0.3) is 11.0 Å². The molecule has 2 radical (unpaired) electrons. The standard InChI is InChI=1S/C15H15N3O2S.2Na/c1-9-7-16-13(10(2)14(9)19)8-21(20)15-17-11-5-3-4-6-12(11)18-15;;/h3-7H,8H2,1-2H3,(H,16,19)(H,17,18);;. The van der Waals surface area contributed by atoms with Gasteiger partial charge in [-0.2, -0.15) is 0 Å². The second kappa shape index (κ2) is 8.76. The number of hydrogen-bond donors (Lipinski definition) is 2. The number of fused-ring (bicyclic) bond motifs is 1. The summed E-state index contributed by atoms with van der Waals surface area (Å²) < 4.78 is 12.4. The van der Waals surface area contributed by atoms with Crippen LogP contribution in [0.2, 0.25) is 0 Å². The first-order chi connectivity index (χ1) is 10.1. The molecule has 2 heterocycles. The summed E-state index contributed by atoms with van der Waals surface area (Å²) in [6.45, 7) is 3.50. The third-order valence-corrected chi connectivity index (χ3v) is 4.65. The Kier molecular flexibility index (Phi) is 7.93. The van der Waals surface area contributed by atoms with E-state index in [2.05, 4.69) is 15.0 Å². The van der Waals surface area contributed by atoms with Crippen molar-refractivity contribution in [1.82, 2.24) is 15.0 Å². The van der Waals surface area contributed by atoms with Gasteiger partial charge in [-0.3, -0.25) is 9.00 Å². The van der Waals surface area contributed by atoms with E-state index >= 15 is 0 Å². The van der Waals surface area contributed by atoms with Gasteiger partial charge < -0.3 is 9.97 Å². The molecule has 0 bridgehead atoms. The SMILES string of the molecule is Cc1c[nH]c(CS(=O)c2nc3ccccc3[nH]2)c(C)c1=O.[Na].[Na]. The molecule has 110 valence electrons. The number of pyridine rings is 1. The largest absolute Gasteiger partial charge is 0.363 e. The molecule has 0 amide bonds. The van der Waals surface area contributed by atoms with Crippen LogP contribution in [0.4, 0.5) is 0 Å². The molecule has 0 spiro atoms. The van der Waals surface area contributed by atoms with Gasteiger partial charge >= 0.3 is 0 Å². The van der Waals surface area contributed by atoms with Gasteiger partial charge in [0.15, 0.2) is 10.6 Å². The molecular formula is C15H15N3Na2O2S. The fraction of sp³-hybridized carbons (Fsp3) is 0.200. The molecule has 0 aliphatic heterocycles. The molecule has 5 nitrogen and oxygen atoms in total. The van der Waals surface area contributed by atoms with Gasteiger partial charge in [0.05, 0.1) is 27.6 Å². The number of nitrogens with one attached hydrogen (secondary N) is 2. The topological polar surface area (TPSA) is 78.6 Å². The predicted molar refractivity (Wildman–Crippen MR) is 94.3 cm³/mol. The average molecular weight is 347 g/mol. The van der Waals surface area contributed by atoms with Gasteiger partial charge in [0, 0.05) is 82.1 Å². The van der Waals surface area contributed by atoms with Gasteiger partial charge in [0.1, 0.15) is 0 Å². The molecule has 8 heteroatoms. The molecule has 1 aromatic carbocycles. The minimum absolute atomic E-state index is 0. The maximum Gasteiger partial charge on any atom is 0.197 e. The van der Waals surface area contributed by atoms with E-state index in [1.165, 1.54) is 0 Å². The molecule has 3 aromatic rings. The van der Waals surface area contributed by atoms with Crippen molar-refractivity contribution in [3.63, 3.8) is 0 Å². The molecule has 23 heavy (non-hydrogen) atoms. The minimum Gasteiger partial charge on any atom is -0.363 e. The molecule has 0 saturated carbocycles. The van der Waals surface area contributed by atoms with Crippen molar-refractivity contribution < 1.29 is 4.21 Å². The first kappa shape index (κ1) is 20.8. The summed E-state index contributed by atoms with van der Waals surface area (Å²) in [6, 6.07) is 7.54. The van der Waals surface area contributed by atoms with Crippen molar-refractivity contribution in [3.8, 4) is 0 Å². The Morgan fingerprint density at radius 2 is 1.87 bits per heavy atom. The number of hydrogen-bond acceptors (Lipinski definition) is 3. The number of nitrogens with zero attached hydrogens (tertiary/aromatic N) is 1. The van der Waals surface area contributed by atoms with Crippen molar-refractivity contribution in [3.05, 3.63) is 57.5 Å². The number of para-hydroxylation sites is 2. The minimum atomic E-state index is -1.33. The van der Waals surface area contributed by atoms with Crippen LogP contribution in [-0.4, -0.2) is 78.3 Å². The van der Waals surface area contributed by atoms with Crippen LogP contribution in [0.5, 0.6) is 0 Å². The van der Waals surface area contributed by atoms with Crippen LogP contribution in [0.3, 0.4) is 0 Å². The normalized spacial score (nSPS) is 11.6. The van der Waals surface area contributed by atoms with Gasteiger partial charge in [-0.1, -0.05) is 12.1 Å². The number of aromatic amines is 2. The maximum atomic E-state index is 12.4. The Hall–Kier alpha value is -0.210. The summed E-state index contributed by atoms with van der Waals surface area (Å²) in [4.78, 5) is 22.3. The summed E-state index contributed by atoms with van der Waals surface area (Å²) in [5.41, 5.74) is 3.59. The van der Waals surface area contributed by atoms with Crippen molar-refractivity contribution >= 4 is 80.9 Å². The van der Waals surface area contributed by atoms with Crippen LogP contribution >= 0.6 is 0 Å². The van der Waals surface area contributed by atoms with E-state index in [1.807, 2.05) is 24.3 Å². The summed E-state index contributed by atoms with van der Waals surface area (Å²) in [6.07, 6.45) is 1.65. The Bertz CT molecular complexity index is 872. The maximum absolute atomic E-state index is 12.4. The summed E-state index contributed by atoms with van der Waals surface area (Å²) in [5.74, 6) is 0.237. The van der Waals surface area contributed by atoms with Crippen molar-refractivity contribution in [1.29, 1.82) is 0 Å². The Labute approximate surface area is 180 Å². The third-order valence-electron chi connectivity index (χ3n) is 3.47. The predicted octanol–water partition coefficient (Wildman–Crippen LogP) is 1.41. The molecule has 2 aromatic heterocycles. The smallest absolute Gasteiger partial charge is 0.197 e. The summed E-state index contributed by atoms with van der Waals surface area (Å²) in [5, 5.41) is 0.428.